The second-order valence-corrected chi connectivity index (χ2v) is 0.408. The molecule has 0 aliphatic rings. The van der Waals surface area contributed by atoms with Gasteiger partial charge in [-0.3, -0.25) is 0 Å². The summed E-state index contributed by atoms with van der Waals surface area (Å²) in [6.45, 7) is 5.25. The summed E-state index contributed by atoms with van der Waals surface area (Å²) in [5.41, 5.74) is 0. The average Bonchev–Trinajstić information content (AvgIpc) is 1.46. The quantitative estimate of drug-likeness (QED) is 0.303. The first-order valence-corrected chi connectivity index (χ1v) is 3.99. The van der Waals surface area contributed by atoms with Gasteiger partial charge in [-0.2, -0.15) is 0 Å². The summed E-state index contributed by atoms with van der Waals surface area (Å²) in [5.74, 6) is 2.14. The van der Waals surface area contributed by atoms with Crippen LogP contribution >= 0.6 is 0 Å². The van der Waals surface area contributed by atoms with E-state index in [9.17, 15) is 0 Å². The van der Waals surface area contributed by atoms with Gasteiger partial charge < -0.3 is 0 Å². The molecular weight excluding hydrogens is 75.0 g/mol. The van der Waals surface area contributed by atoms with Crippen LogP contribution in [0.2, 0.25) is 5.79 Å². The molecule has 0 saturated carbocycles. The number of rotatable bonds is 0. The summed E-state index contributed by atoms with van der Waals surface area (Å²) < 4.78 is 0. The molecule has 0 spiro atoms. The molecule has 0 aliphatic heterocycles. The molecule has 0 aromatic carbocycles. The van der Waals surface area contributed by atoms with Crippen molar-refractivity contribution in [2.45, 2.75) is 12.7 Å². The Labute approximate surface area is 42.3 Å². The number of allylic oxidation sites excluding steroid dienone is 1. The zero-order valence-electron chi connectivity index (χ0n) is 4.28. The third kappa shape index (κ3) is 297. The van der Waals surface area contributed by atoms with Crippen LogP contribution in [0.5, 0.6) is 0 Å². The van der Waals surface area contributed by atoms with E-state index in [-0.39, 0.29) is 0 Å². The van der Waals surface area contributed by atoms with Crippen molar-refractivity contribution in [2.75, 3.05) is 0 Å². The van der Waals surface area contributed by atoms with Crippen LogP contribution < -0.4 is 0 Å². The number of hydrogen-bond acceptors (Lipinski definition) is 0. The highest BCUT2D eigenvalue weighted by atomic mass is 27.0. The molecule has 5 heavy (non-hydrogen) atoms. The molecule has 0 atom stereocenters. The molecule has 0 rings (SSSR count). The lowest BCUT2D eigenvalue weighted by Gasteiger charge is -1.31. The van der Waals surface area contributed by atoms with Crippen molar-refractivity contribution in [1.82, 2.24) is 0 Å². The minimum Gasteiger partial charge on any atom is -0.112 e. The lowest BCUT2D eigenvalue weighted by Crippen LogP contribution is -1.13. The number of hydrogen-bond donors (Lipinski definition) is 0. The molecule has 0 N–H and O–H groups in total. The van der Waals surface area contributed by atoms with Crippen LogP contribution in [0, 0.1) is 0 Å². The normalized spacial score (nSPS) is 3.60. The molecule has 0 saturated heterocycles. The summed E-state index contributed by atoms with van der Waals surface area (Å²) in [5, 5.41) is 0. The van der Waals surface area contributed by atoms with Crippen molar-refractivity contribution < 1.29 is 0 Å². The molecule has 0 unspecified atom stereocenters. The summed E-state index contributed by atoms with van der Waals surface area (Å²) >= 11 is 1.31. The summed E-state index contributed by atoms with van der Waals surface area (Å²) in [6.07, 6.45) is 1.75. The molecule has 0 bridgehead atoms. The first kappa shape index (κ1) is 8.99. The monoisotopic (exact) mass is 86.1 g/mol. The van der Waals surface area contributed by atoms with E-state index < -0.39 is 0 Å². The van der Waals surface area contributed by atoms with E-state index >= 15 is 0 Å². The van der Waals surface area contributed by atoms with Crippen molar-refractivity contribution in [3.05, 3.63) is 12.7 Å². The first-order valence-electron chi connectivity index (χ1n) is 1.99. The molecule has 0 fully saturated rings. The van der Waals surface area contributed by atoms with Crippen molar-refractivity contribution in [3.63, 3.8) is 0 Å². The van der Waals surface area contributed by atoms with Crippen molar-refractivity contribution in [3.8, 4) is 0 Å². The third-order valence-corrected chi connectivity index (χ3v) is 0. The maximum atomic E-state index is 3.36. The van der Waals surface area contributed by atoms with Gasteiger partial charge in [-0.25, -0.2) is 0 Å². The van der Waals surface area contributed by atoms with Crippen molar-refractivity contribution in [1.29, 1.82) is 0 Å². The van der Waals surface area contributed by atoms with E-state index in [0.717, 1.165) is 0 Å². The minimum atomic E-state index is 1.31. The van der Waals surface area contributed by atoms with Gasteiger partial charge in [0.25, 0.3) is 0 Å². The predicted octanol–water partition coefficient (Wildman–Crippen LogP) is 0.860. The average molecular weight is 86.1 g/mol. The molecule has 0 radical (unpaired) electrons. The van der Waals surface area contributed by atoms with Crippen LogP contribution in [0.25, 0.3) is 0 Å². The van der Waals surface area contributed by atoms with Crippen LogP contribution in [-0.2, 0) is 0 Å². The van der Waals surface area contributed by atoms with Gasteiger partial charge in [0, 0.05) is 0 Å². The van der Waals surface area contributed by atoms with Crippen LogP contribution in [0.1, 0.15) is 6.92 Å². The Morgan fingerprint density at radius 1 is 1.60 bits per heavy atom. The smallest absolute Gasteiger partial charge is 0.112 e. The molecule has 0 aromatic rings. The van der Waals surface area contributed by atoms with E-state index in [4.69, 9.17) is 0 Å². The van der Waals surface area contributed by atoms with Gasteiger partial charge in [0.2, 0.25) is 16.3 Å². The highest BCUT2D eigenvalue weighted by Gasteiger charge is 1.15. The Hall–Kier alpha value is 0.272. The van der Waals surface area contributed by atoms with Crippen molar-refractivity contribution in [2.24, 2.45) is 0 Å². The van der Waals surface area contributed by atoms with Crippen LogP contribution in [0.3, 0.4) is 0 Å². The molecule has 0 aromatic heterocycles. The predicted molar refractivity (Wildman–Crippen MR) is 30.3 cm³/mol. The fourth-order valence-electron chi connectivity index (χ4n) is 0. The second-order valence-electron chi connectivity index (χ2n) is 0.408. The van der Waals surface area contributed by atoms with E-state index in [1.165, 1.54) is 16.3 Å². The van der Waals surface area contributed by atoms with E-state index in [0.29, 0.717) is 0 Å². The lowest BCUT2D eigenvalue weighted by molar-refractivity contribution is 1.80. The van der Waals surface area contributed by atoms with E-state index in [1.807, 2.05) is 6.92 Å². The fourth-order valence-corrected chi connectivity index (χ4v) is 0. The van der Waals surface area contributed by atoms with Gasteiger partial charge in [-0.15, -0.1) is 12.4 Å². The highest BCUT2D eigenvalue weighted by Crippen LogP contribution is 1.38. The molecule has 0 amide bonds. The molecule has 0 aliphatic carbocycles. The van der Waals surface area contributed by atoms with Gasteiger partial charge >= 0.3 is 0 Å². The Balaban J connectivity index is 0. The molecule has 1 heteroatoms. The van der Waals surface area contributed by atoms with Crippen LogP contribution in [0.15, 0.2) is 12.7 Å². The van der Waals surface area contributed by atoms with Crippen LogP contribution in [-0.4, -0.2) is 16.3 Å². The Bertz CT molecular complexity index is 11.1. The van der Waals surface area contributed by atoms with E-state index in [2.05, 4.69) is 12.4 Å². The molecular formula is C4H11Al. The minimum absolute atomic E-state index is 1.31. The maximum absolute atomic E-state index is 3.36. The van der Waals surface area contributed by atoms with Gasteiger partial charge in [-0.1, -0.05) is 6.08 Å². The van der Waals surface area contributed by atoms with Crippen LogP contribution in [0.4, 0.5) is 0 Å². The molecule has 0 heterocycles. The molecule has 0 nitrogen and oxygen atoms in total. The Kier molecular flexibility index (Phi) is 50.8. The summed E-state index contributed by atoms with van der Waals surface area (Å²) in [4.78, 5) is 0. The zero-order chi connectivity index (χ0) is 4.71. The summed E-state index contributed by atoms with van der Waals surface area (Å²) in [7, 11) is 0. The Morgan fingerprint density at radius 2 is 1.60 bits per heavy atom. The molecule has 30 valence electrons. The van der Waals surface area contributed by atoms with Gasteiger partial charge in [-0.05, 0) is 6.92 Å². The maximum Gasteiger partial charge on any atom is 0.207 e. The topological polar surface area (TPSA) is 0 Å². The fraction of sp³-hybridized carbons (Fsp3) is 0.500. The highest BCUT2D eigenvalue weighted by molar-refractivity contribution is 6.05. The van der Waals surface area contributed by atoms with Gasteiger partial charge in [0.1, 0.15) is 0 Å². The SMILES string of the molecule is C=CC.[CH3][AlH2]. The zero-order valence-corrected chi connectivity index (χ0v) is 6.28. The third-order valence-electron chi connectivity index (χ3n) is 0. The van der Waals surface area contributed by atoms with E-state index in [1.54, 1.807) is 6.08 Å². The summed E-state index contributed by atoms with van der Waals surface area (Å²) in [6, 6.07) is 0. The lowest BCUT2D eigenvalue weighted by atomic mass is 10.8. The second kappa shape index (κ2) is 28.3. The largest absolute Gasteiger partial charge is 0.207 e. The first-order chi connectivity index (χ1) is 2.41. The van der Waals surface area contributed by atoms with Gasteiger partial charge in [0.05, 0.1) is 0 Å². The van der Waals surface area contributed by atoms with Gasteiger partial charge in [0.15, 0.2) is 0 Å². The Morgan fingerprint density at radius 3 is 1.60 bits per heavy atom. The van der Waals surface area contributed by atoms with Crippen molar-refractivity contribution >= 4 is 16.3 Å². The standard InChI is InChI=1S/C3H6.CH3.Al.2H/c1-3-2;;;;/h3H,1H2,2H3;1H3;;;.